The van der Waals surface area contributed by atoms with Gasteiger partial charge < -0.3 is 0 Å². The van der Waals surface area contributed by atoms with Crippen LogP contribution in [0.25, 0.3) is 0 Å². The van der Waals surface area contributed by atoms with Crippen molar-refractivity contribution in [3.63, 3.8) is 0 Å². The molecule has 1 saturated carbocycles. The Bertz CT molecular complexity index is 121. The minimum absolute atomic E-state index is 0.136. The Morgan fingerprint density at radius 2 is 1.91 bits per heavy atom. The van der Waals surface area contributed by atoms with Crippen LogP contribution in [0.15, 0.2) is 0 Å². The number of unbranched alkanes of at least 4 members (excludes halogenated alkanes) is 3. The van der Waals surface area contributed by atoms with E-state index >= 15 is 0 Å². The lowest BCUT2D eigenvalue weighted by atomic mass is 10.1. The highest BCUT2D eigenvalue weighted by Crippen LogP contribution is 2.51. The van der Waals surface area contributed by atoms with Gasteiger partial charge in [-0.15, -0.1) is 0 Å². The predicted octanol–water partition coefficient (Wildman–Crippen LogP) is 3.43. The van der Waals surface area contributed by atoms with Crippen LogP contribution in [0, 0.1) is 12.8 Å². The fraction of sp³-hybridized carbons (Fsp3) is 0.889. The van der Waals surface area contributed by atoms with Crippen LogP contribution < -0.4 is 0 Å². The molecule has 0 bridgehead atoms. The second-order valence-corrected chi connectivity index (χ2v) is 3.36. The van der Waals surface area contributed by atoms with Gasteiger partial charge in [-0.3, -0.25) is 0 Å². The highest BCUT2D eigenvalue weighted by atomic mass is 19.3. The summed E-state index contributed by atoms with van der Waals surface area (Å²) in [7, 11) is 0. The summed E-state index contributed by atoms with van der Waals surface area (Å²) >= 11 is 0. The van der Waals surface area contributed by atoms with Gasteiger partial charge in [0.25, 0.3) is 5.92 Å². The second-order valence-electron chi connectivity index (χ2n) is 3.36. The molecule has 2 heteroatoms. The first kappa shape index (κ1) is 8.95. The molecule has 0 amide bonds. The molecule has 11 heavy (non-hydrogen) atoms. The van der Waals surface area contributed by atoms with Crippen molar-refractivity contribution in [2.75, 3.05) is 0 Å². The van der Waals surface area contributed by atoms with Crippen molar-refractivity contribution in [3.05, 3.63) is 6.92 Å². The molecular weight excluding hydrogens is 146 g/mol. The highest BCUT2D eigenvalue weighted by Gasteiger charge is 2.55. The van der Waals surface area contributed by atoms with Crippen molar-refractivity contribution >= 4 is 0 Å². The number of alkyl halides is 2. The Morgan fingerprint density at radius 1 is 1.27 bits per heavy atom. The van der Waals surface area contributed by atoms with Gasteiger partial charge in [0.05, 0.1) is 0 Å². The first-order chi connectivity index (χ1) is 5.17. The minimum atomic E-state index is -2.30. The van der Waals surface area contributed by atoms with Gasteiger partial charge in [0.1, 0.15) is 0 Å². The molecule has 0 aliphatic heterocycles. The van der Waals surface area contributed by atoms with E-state index in [1.165, 1.54) is 0 Å². The Kier molecular flexibility index (Phi) is 2.85. The van der Waals surface area contributed by atoms with Crippen molar-refractivity contribution in [2.24, 2.45) is 5.92 Å². The zero-order valence-electron chi connectivity index (χ0n) is 6.78. The summed E-state index contributed by atoms with van der Waals surface area (Å²) < 4.78 is 24.6. The Morgan fingerprint density at radius 3 is 2.36 bits per heavy atom. The summed E-state index contributed by atoms with van der Waals surface area (Å²) in [5, 5.41) is 0. The van der Waals surface area contributed by atoms with Gasteiger partial charge in [-0.2, -0.15) is 0 Å². The van der Waals surface area contributed by atoms with E-state index in [-0.39, 0.29) is 12.3 Å². The van der Waals surface area contributed by atoms with Gasteiger partial charge >= 0.3 is 0 Å². The SMILES string of the molecule is [CH2]CCCCCC1CC1(F)F. The third kappa shape index (κ3) is 2.76. The predicted molar refractivity (Wildman–Crippen MR) is 41.5 cm³/mol. The van der Waals surface area contributed by atoms with Gasteiger partial charge in [0.15, 0.2) is 0 Å². The van der Waals surface area contributed by atoms with Gasteiger partial charge in [-0.05, 0) is 6.42 Å². The molecule has 0 aromatic rings. The molecule has 1 radical (unpaired) electrons. The normalized spacial score (nSPS) is 27.0. The van der Waals surface area contributed by atoms with E-state index in [0.717, 1.165) is 25.7 Å². The van der Waals surface area contributed by atoms with Crippen molar-refractivity contribution in [1.29, 1.82) is 0 Å². The smallest absolute Gasteiger partial charge is 0.207 e. The van der Waals surface area contributed by atoms with E-state index in [1.54, 1.807) is 0 Å². The lowest BCUT2D eigenvalue weighted by molar-refractivity contribution is 0.0964. The molecule has 0 aromatic heterocycles. The average Bonchev–Trinajstić information content (AvgIpc) is 2.52. The summed E-state index contributed by atoms with van der Waals surface area (Å²) in [5.41, 5.74) is 0. The molecule has 1 unspecified atom stereocenters. The van der Waals surface area contributed by atoms with E-state index in [4.69, 9.17) is 0 Å². The van der Waals surface area contributed by atoms with Crippen LogP contribution in [-0.4, -0.2) is 5.92 Å². The molecular formula is C9H15F2. The van der Waals surface area contributed by atoms with Crippen LogP contribution >= 0.6 is 0 Å². The summed E-state index contributed by atoms with van der Waals surface area (Å²) in [6.07, 6.45) is 4.88. The molecule has 0 saturated heterocycles. The van der Waals surface area contributed by atoms with Crippen LogP contribution in [0.4, 0.5) is 8.78 Å². The number of rotatable bonds is 5. The molecule has 0 N–H and O–H groups in total. The van der Waals surface area contributed by atoms with Gasteiger partial charge in [-0.1, -0.05) is 32.6 Å². The van der Waals surface area contributed by atoms with E-state index < -0.39 is 5.92 Å². The zero-order valence-corrected chi connectivity index (χ0v) is 6.78. The summed E-state index contributed by atoms with van der Waals surface area (Å²) in [6.45, 7) is 3.70. The summed E-state index contributed by atoms with van der Waals surface area (Å²) in [4.78, 5) is 0. The monoisotopic (exact) mass is 161 g/mol. The Labute approximate surface area is 67.0 Å². The fourth-order valence-corrected chi connectivity index (χ4v) is 1.33. The van der Waals surface area contributed by atoms with Crippen LogP contribution in [0.2, 0.25) is 0 Å². The summed E-state index contributed by atoms with van der Waals surface area (Å²) in [5.74, 6) is -2.59. The molecule has 65 valence electrons. The lowest BCUT2D eigenvalue weighted by Crippen LogP contribution is -1.93. The minimum Gasteiger partial charge on any atom is -0.207 e. The maximum Gasteiger partial charge on any atom is 0.251 e. The molecule has 1 aliphatic rings. The Balaban J connectivity index is 1.90. The standard InChI is InChI=1S/C9H15F2/c1-2-3-4-5-6-8-7-9(8,10)11/h8H,1-7H2. The molecule has 1 fully saturated rings. The lowest BCUT2D eigenvalue weighted by Gasteiger charge is -1.97. The largest absolute Gasteiger partial charge is 0.251 e. The number of hydrogen-bond acceptors (Lipinski definition) is 0. The maximum absolute atomic E-state index is 12.3. The topological polar surface area (TPSA) is 0 Å². The Hall–Kier alpha value is -0.140. The van der Waals surface area contributed by atoms with Crippen LogP contribution in [0.1, 0.15) is 38.5 Å². The van der Waals surface area contributed by atoms with Crippen molar-refractivity contribution in [1.82, 2.24) is 0 Å². The molecule has 0 spiro atoms. The molecule has 1 aliphatic carbocycles. The summed E-state index contributed by atoms with van der Waals surface area (Å²) in [6, 6.07) is 0. The van der Waals surface area contributed by atoms with Gasteiger partial charge in [0.2, 0.25) is 0 Å². The maximum atomic E-state index is 12.3. The molecule has 0 nitrogen and oxygen atoms in total. The first-order valence-electron chi connectivity index (χ1n) is 4.34. The van der Waals surface area contributed by atoms with Crippen LogP contribution in [0.5, 0.6) is 0 Å². The zero-order chi connectivity index (χ0) is 8.32. The van der Waals surface area contributed by atoms with Crippen LogP contribution in [0.3, 0.4) is 0 Å². The van der Waals surface area contributed by atoms with Crippen molar-refractivity contribution in [3.8, 4) is 0 Å². The highest BCUT2D eigenvalue weighted by molar-refractivity contribution is 4.94. The third-order valence-corrected chi connectivity index (χ3v) is 2.26. The van der Waals surface area contributed by atoms with Gasteiger partial charge in [-0.25, -0.2) is 8.78 Å². The number of halogens is 2. The van der Waals surface area contributed by atoms with Crippen molar-refractivity contribution < 1.29 is 8.78 Å². The van der Waals surface area contributed by atoms with Crippen molar-refractivity contribution in [2.45, 2.75) is 44.4 Å². The molecule has 0 aromatic carbocycles. The third-order valence-electron chi connectivity index (χ3n) is 2.26. The van der Waals surface area contributed by atoms with E-state index in [1.807, 2.05) is 0 Å². The first-order valence-corrected chi connectivity index (χ1v) is 4.34. The average molecular weight is 161 g/mol. The fourth-order valence-electron chi connectivity index (χ4n) is 1.33. The quantitative estimate of drug-likeness (QED) is 0.542. The molecule has 1 atom stereocenters. The molecule has 0 heterocycles. The van der Waals surface area contributed by atoms with Gasteiger partial charge in [0, 0.05) is 12.3 Å². The molecule has 1 rings (SSSR count). The van der Waals surface area contributed by atoms with E-state index in [9.17, 15) is 8.78 Å². The number of hydrogen-bond donors (Lipinski definition) is 0. The van der Waals surface area contributed by atoms with E-state index in [2.05, 4.69) is 6.92 Å². The second kappa shape index (κ2) is 3.51. The van der Waals surface area contributed by atoms with Crippen LogP contribution in [-0.2, 0) is 0 Å². The van der Waals surface area contributed by atoms with E-state index in [0.29, 0.717) is 6.42 Å².